The minimum Gasteiger partial charge on any atom is -0.310 e. The Morgan fingerprint density at radius 3 is 1.53 bits per heavy atom. The van der Waals surface area contributed by atoms with Crippen LogP contribution >= 0.6 is 0 Å². The fourth-order valence-electron chi connectivity index (χ4n) is 10.9. The maximum Gasteiger partial charge on any atom is 0.238 e. The zero-order valence-electron chi connectivity index (χ0n) is 38.7. The van der Waals surface area contributed by atoms with E-state index in [0.29, 0.717) is 17.6 Å². The first kappa shape index (κ1) is 41.1. The predicted octanol–water partition coefficient (Wildman–Crippen LogP) is 14.1. The van der Waals surface area contributed by atoms with Gasteiger partial charge in [0.15, 0.2) is 11.6 Å². The average molecular weight is 899 g/mol. The van der Waals surface area contributed by atoms with E-state index in [-0.39, 0.29) is 0 Å². The highest BCUT2D eigenvalue weighted by Crippen LogP contribution is 2.42. The van der Waals surface area contributed by atoms with E-state index in [2.05, 4.69) is 227 Å². The number of nitrogens with zero attached hydrogens (tertiary/aromatic N) is 6. The first-order valence-electron chi connectivity index (χ1n) is 24.0. The molecule has 12 aromatic rings. The second kappa shape index (κ2) is 16.9. The molecule has 0 saturated heterocycles. The van der Waals surface area contributed by atoms with Crippen LogP contribution in [0.5, 0.6) is 0 Å². The first-order valence-corrected chi connectivity index (χ1v) is 24.0. The molecule has 0 amide bonds. The van der Waals surface area contributed by atoms with Gasteiger partial charge in [-0.1, -0.05) is 189 Å². The SMILES string of the molecule is C=C/C(c1nc(-c2ccccc2)nc(-n2c3ccccc3c3ccc4c5ccccc5n(-c5ccc(C6=CCCC=C6c6ccccc6)cc5)c4c32)n1)=c1\c(=C/C)n(-c2ccccc2)c2ccccc12. The Morgan fingerprint density at radius 2 is 0.929 bits per heavy atom. The quantitative estimate of drug-likeness (QED) is 0.153. The second-order valence-corrected chi connectivity index (χ2v) is 17.8. The van der Waals surface area contributed by atoms with E-state index in [0.717, 1.165) is 95.0 Å². The summed E-state index contributed by atoms with van der Waals surface area (Å²) < 4.78 is 7.01. The summed E-state index contributed by atoms with van der Waals surface area (Å²) in [6, 6.07) is 71.1. The second-order valence-electron chi connectivity index (χ2n) is 17.8. The van der Waals surface area contributed by atoms with Crippen molar-refractivity contribution in [3.8, 4) is 28.7 Å². The van der Waals surface area contributed by atoms with Crippen LogP contribution in [0.1, 0.15) is 36.7 Å². The summed E-state index contributed by atoms with van der Waals surface area (Å²) in [5.41, 5.74) is 14.2. The number of allylic oxidation sites excluding steroid dienone is 5. The Bertz CT molecular complexity index is 4230. The lowest BCUT2D eigenvalue weighted by atomic mass is 9.87. The molecule has 332 valence electrons. The van der Waals surface area contributed by atoms with Crippen molar-refractivity contribution < 1.29 is 0 Å². The molecule has 0 atom stereocenters. The monoisotopic (exact) mass is 898 g/mol. The van der Waals surface area contributed by atoms with E-state index >= 15 is 0 Å². The van der Waals surface area contributed by atoms with Crippen LogP contribution in [0, 0.1) is 0 Å². The number of hydrogen-bond donors (Lipinski definition) is 0. The minimum absolute atomic E-state index is 0.521. The average Bonchev–Trinajstić information content (AvgIpc) is 4.08. The predicted molar refractivity (Wildman–Crippen MR) is 291 cm³/mol. The Morgan fingerprint density at radius 1 is 0.443 bits per heavy atom. The van der Waals surface area contributed by atoms with Crippen LogP contribution in [0.15, 0.2) is 225 Å². The van der Waals surface area contributed by atoms with Gasteiger partial charge in [-0.2, -0.15) is 9.97 Å². The molecule has 6 heteroatoms. The summed E-state index contributed by atoms with van der Waals surface area (Å²) in [6.45, 7) is 6.55. The molecule has 6 nitrogen and oxygen atoms in total. The van der Waals surface area contributed by atoms with Crippen molar-refractivity contribution in [3.05, 3.63) is 253 Å². The summed E-state index contributed by atoms with van der Waals surface area (Å²) in [7, 11) is 0. The van der Waals surface area contributed by atoms with Crippen molar-refractivity contribution in [1.82, 2.24) is 28.7 Å². The van der Waals surface area contributed by atoms with Crippen LogP contribution in [0.2, 0.25) is 0 Å². The van der Waals surface area contributed by atoms with Gasteiger partial charge in [0.1, 0.15) is 0 Å². The molecule has 1 aliphatic rings. The molecule has 70 heavy (non-hydrogen) atoms. The molecule has 0 aliphatic heterocycles. The van der Waals surface area contributed by atoms with E-state index in [1.54, 1.807) is 0 Å². The number of fused-ring (bicyclic) bond motifs is 8. The van der Waals surface area contributed by atoms with E-state index in [1.807, 2.05) is 24.3 Å². The molecule has 13 rings (SSSR count). The van der Waals surface area contributed by atoms with Gasteiger partial charge in [0.05, 0.1) is 32.9 Å². The summed E-state index contributed by atoms with van der Waals surface area (Å²) in [4.78, 5) is 16.3. The molecule has 4 heterocycles. The Labute approximate surface area is 405 Å². The maximum absolute atomic E-state index is 5.56. The summed E-state index contributed by atoms with van der Waals surface area (Å²) in [6.07, 6.45) is 10.9. The normalized spacial score (nSPS) is 13.6. The Hall–Kier alpha value is -9.13. The summed E-state index contributed by atoms with van der Waals surface area (Å²) in [5, 5.41) is 7.67. The third-order valence-electron chi connectivity index (χ3n) is 13.9. The lowest BCUT2D eigenvalue weighted by Crippen LogP contribution is -2.30. The third-order valence-corrected chi connectivity index (χ3v) is 13.9. The highest BCUT2D eigenvalue weighted by Gasteiger charge is 2.25. The molecule has 0 unspecified atom stereocenters. The van der Waals surface area contributed by atoms with Crippen LogP contribution < -0.4 is 10.6 Å². The fourth-order valence-corrected chi connectivity index (χ4v) is 10.9. The molecule has 0 saturated carbocycles. The van der Waals surface area contributed by atoms with E-state index in [9.17, 15) is 0 Å². The number of benzene rings is 8. The van der Waals surface area contributed by atoms with Crippen molar-refractivity contribution in [3.63, 3.8) is 0 Å². The molecule has 0 radical (unpaired) electrons. The van der Waals surface area contributed by atoms with Gasteiger partial charge in [0, 0.05) is 54.7 Å². The van der Waals surface area contributed by atoms with Gasteiger partial charge in [-0.3, -0.25) is 4.57 Å². The number of hydrogen-bond acceptors (Lipinski definition) is 3. The molecular weight excluding hydrogens is 853 g/mol. The van der Waals surface area contributed by atoms with E-state index < -0.39 is 0 Å². The number of rotatable bonds is 8. The zero-order chi connectivity index (χ0) is 46.7. The summed E-state index contributed by atoms with van der Waals surface area (Å²) >= 11 is 0. The zero-order valence-corrected chi connectivity index (χ0v) is 38.7. The van der Waals surface area contributed by atoms with Crippen LogP contribution in [0.25, 0.3) is 106 Å². The van der Waals surface area contributed by atoms with Gasteiger partial charge in [0.2, 0.25) is 5.95 Å². The van der Waals surface area contributed by atoms with Crippen LogP contribution in [0.3, 0.4) is 0 Å². The van der Waals surface area contributed by atoms with Crippen molar-refractivity contribution in [2.45, 2.75) is 19.8 Å². The van der Waals surface area contributed by atoms with Gasteiger partial charge in [-0.15, -0.1) is 0 Å². The molecule has 0 N–H and O–H groups in total. The largest absolute Gasteiger partial charge is 0.310 e. The standard InChI is InChI=1S/C64H46N6/c1-3-47(59-54-32-18-21-35-58(54)68(55(59)4-2)45-26-12-7-13-27-45)63-65-62(44-24-10-6-11-25-44)66-64(67-63)70-57-34-20-17-31-51(57)53-41-40-52-50-30-16-19-33-56(50)69(60(52)61(53)70)46-38-36-43(37-39-46)49-29-15-14-28-48(49)42-22-8-5-9-23-42/h3-13,16-41H,1,14-15H2,2H3/b55-4+,59-47+. The number of para-hydroxylation sites is 4. The highest BCUT2D eigenvalue weighted by molar-refractivity contribution is 6.23. The molecule has 4 aromatic heterocycles. The smallest absolute Gasteiger partial charge is 0.238 e. The van der Waals surface area contributed by atoms with Gasteiger partial charge < -0.3 is 9.13 Å². The molecule has 0 fully saturated rings. The van der Waals surface area contributed by atoms with Gasteiger partial charge >= 0.3 is 0 Å². The maximum atomic E-state index is 5.56. The lowest BCUT2D eigenvalue weighted by Gasteiger charge is -2.18. The van der Waals surface area contributed by atoms with Crippen molar-refractivity contribution in [1.29, 1.82) is 0 Å². The highest BCUT2D eigenvalue weighted by atomic mass is 15.2. The van der Waals surface area contributed by atoms with Crippen molar-refractivity contribution in [2.75, 3.05) is 0 Å². The lowest BCUT2D eigenvalue weighted by molar-refractivity contribution is 0.931. The van der Waals surface area contributed by atoms with E-state index in [1.165, 1.54) is 27.7 Å². The Balaban J connectivity index is 1.10. The van der Waals surface area contributed by atoms with Gasteiger partial charge in [-0.05, 0) is 84.5 Å². The fraction of sp³-hybridized carbons (Fsp3) is 0.0469. The van der Waals surface area contributed by atoms with Crippen LogP contribution in [0.4, 0.5) is 0 Å². The molecule has 0 bridgehead atoms. The van der Waals surface area contributed by atoms with Crippen LogP contribution in [-0.4, -0.2) is 28.7 Å². The molecular formula is C64H46N6. The molecule has 8 aromatic carbocycles. The van der Waals surface area contributed by atoms with Crippen molar-refractivity contribution in [2.24, 2.45) is 0 Å². The summed E-state index contributed by atoms with van der Waals surface area (Å²) in [5.74, 6) is 1.63. The van der Waals surface area contributed by atoms with Gasteiger partial charge in [0.25, 0.3) is 0 Å². The van der Waals surface area contributed by atoms with E-state index in [4.69, 9.17) is 15.0 Å². The molecule has 1 aliphatic carbocycles. The topological polar surface area (TPSA) is 53.5 Å². The first-order chi connectivity index (χ1) is 34.7. The van der Waals surface area contributed by atoms with Crippen LogP contribution in [-0.2, 0) is 0 Å². The third kappa shape index (κ3) is 6.52. The van der Waals surface area contributed by atoms with Crippen molar-refractivity contribution >= 4 is 77.3 Å². The number of aromatic nitrogens is 6. The Kier molecular flexibility index (Phi) is 9.91. The minimum atomic E-state index is 0.521. The molecule has 0 spiro atoms. The van der Waals surface area contributed by atoms with Gasteiger partial charge in [-0.25, -0.2) is 4.98 Å².